The van der Waals surface area contributed by atoms with Crippen LogP contribution in [0, 0.1) is 5.41 Å². The van der Waals surface area contributed by atoms with E-state index in [1.807, 2.05) is 38.3 Å². The van der Waals surface area contributed by atoms with Gasteiger partial charge in [-0.1, -0.05) is 65.0 Å². The van der Waals surface area contributed by atoms with Gasteiger partial charge in [0.15, 0.2) is 0 Å². The van der Waals surface area contributed by atoms with E-state index in [2.05, 4.69) is 32.9 Å². The van der Waals surface area contributed by atoms with Crippen molar-refractivity contribution in [2.24, 2.45) is 5.41 Å². The smallest absolute Gasteiger partial charge is 0.324 e. The van der Waals surface area contributed by atoms with Crippen LogP contribution in [0.3, 0.4) is 0 Å². The van der Waals surface area contributed by atoms with Gasteiger partial charge in [-0.3, -0.25) is 4.57 Å². The molecule has 2 N–H and O–H groups in total. The first kappa shape index (κ1) is 20.8. The number of rotatable bonds is 8. The summed E-state index contributed by atoms with van der Waals surface area (Å²) in [6.07, 6.45) is 3.25. The molecule has 3 nitrogen and oxygen atoms in total. The molecule has 0 saturated carbocycles. The molecule has 0 aliphatic heterocycles. The fourth-order valence-electron chi connectivity index (χ4n) is 3.22. The number of hydrogen-bond acceptors (Lipinski definition) is 2. The highest BCUT2D eigenvalue weighted by Crippen LogP contribution is 2.56. The third-order valence-electron chi connectivity index (χ3n) is 4.75. The topological polar surface area (TPSA) is 57.5 Å². The van der Waals surface area contributed by atoms with Gasteiger partial charge < -0.3 is 9.79 Å². The summed E-state index contributed by atoms with van der Waals surface area (Å²) in [5.41, 5.74) is 0.138. The Morgan fingerprint density at radius 2 is 1.61 bits per heavy atom. The van der Waals surface area contributed by atoms with Crippen molar-refractivity contribution in [3.05, 3.63) is 35.9 Å². The molecule has 1 aromatic rings. The van der Waals surface area contributed by atoms with Crippen molar-refractivity contribution in [3.8, 4) is 0 Å². The summed E-state index contributed by atoms with van der Waals surface area (Å²) in [4.78, 5) is 19.9. The molecule has 0 aromatic heterocycles. The zero-order valence-electron chi connectivity index (χ0n) is 15.1. The van der Waals surface area contributed by atoms with Crippen LogP contribution in [0.15, 0.2) is 30.3 Å². The second kappa shape index (κ2) is 7.74. The van der Waals surface area contributed by atoms with E-state index in [0.717, 1.165) is 6.42 Å². The second-order valence-electron chi connectivity index (χ2n) is 7.78. The van der Waals surface area contributed by atoms with Crippen LogP contribution < -0.4 is 0 Å². The molecular formula is C18H31O3PS. The number of benzene rings is 1. The average Bonchev–Trinajstić information content (AvgIpc) is 2.44. The molecule has 1 aromatic carbocycles. The van der Waals surface area contributed by atoms with Crippen molar-refractivity contribution in [2.45, 2.75) is 63.8 Å². The second-order valence-corrected chi connectivity index (χ2v) is 11.1. The summed E-state index contributed by atoms with van der Waals surface area (Å²) in [5.74, 6) is 0.262. The minimum absolute atomic E-state index is 0.154. The Kier molecular flexibility index (Phi) is 6.98. The quantitative estimate of drug-likeness (QED) is 0.620. The molecule has 1 rings (SSSR count). The van der Waals surface area contributed by atoms with Crippen molar-refractivity contribution in [1.82, 2.24) is 0 Å². The maximum Gasteiger partial charge on any atom is 0.329 e. The van der Waals surface area contributed by atoms with E-state index in [0.29, 0.717) is 6.42 Å². The maximum absolute atomic E-state index is 12.2. The van der Waals surface area contributed by atoms with Crippen molar-refractivity contribution >= 4 is 19.4 Å². The normalized spacial score (nSPS) is 16.2. The fraction of sp³-hybridized carbons (Fsp3) is 0.667. The van der Waals surface area contributed by atoms with E-state index in [-0.39, 0.29) is 10.7 Å². The standard InChI is InChI=1S/C18H31O3PS/c1-14(15-10-8-7-9-11-15)12-17(2,3)16(22(19,20)21)13-18(4,5)23-6/h7-11,14,16H,12-13H2,1-6H3,(H2,19,20,21). The monoisotopic (exact) mass is 358 g/mol. The van der Waals surface area contributed by atoms with E-state index in [9.17, 15) is 14.4 Å². The van der Waals surface area contributed by atoms with Gasteiger partial charge in [-0.15, -0.1) is 0 Å². The van der Waals surface area contributed by atoms with Gasteiger partial charge >= 0.3 is 7.60 Å². The lowest BCUT2D eigenvalue weighted by Crippen LogP contribution is -2.36. The summed E-state index contributed by atoms with van der Waals surface area (Å²) in [7, 11) is -4.17. The van der Waals surface area contributed by atoms with Crippen molar-refractivity contribution in [2.75, 3.05) is 6.26 Å². The van der Waals surface area contributed by atoms with Gasteiger partial charge in [0.2, 0.25) is 0 Å². The van der Waals surface area contributed by atoms with Crippen LogP contribution in [-0.4, -0.2) is 26.4 Å². The Bertz CT molecular complexity index is 536. The molecule has 0 aliphatic rings. The van der Waals surface area contributed by atoms with Gasteiger partial charge in [-0.05, 0) is 36.0 Å². The molecule has 0 aliphatic carbocycles. The van der Waals surface area contributed by atoms with E-state index in [4.69, 9.17) is 0 Å². The van der Waals surface area contributed by atoms with Gasteiger partial charge in [0.1, 0.15) is 0 Å². The van der Waals surface area contributed by atoms with Gasteiger partial charge in [-0.25, -0.2) is 0 Å². The van der Waals surface area contributed by atoms with Crippen molar-refractivity contribution in [3.63, 3.8) is 0 Å². The predicted molar refractivity (Wildman–Crippen MR) is 101 cm³/mol. The molecule has 2 unspecified atom stereocenters. The van der Waals surface area contributed by atoms with Gasteiger partial charge in [0, 0.05) is 4.75 Å². The molecule has 0 bridgehead atoms. The van der Waals surface area contributed by atoms with Crippen LogP contribution >= 0.6 is 19.4 Å². The van der Waals surface area contributed by atoms with Crippen LogP contribution in [0.5, 0.6) is 0 Å². The molecule has 5 heteroatoms. The highest BCUT2D eigenvalue weighted by Gasteiger charge is 2.45. The zero-order chi connectivity index (χ0) is 17.9. The third kappa shape index (κ3) is 6.26. The van der Waals surface area contributed by atoms with Crippen LogP contribution in [-0.2, 0) is 4.57 Å². The minimum atomic E-state index is -4.17. The van der Waals surface area contributed by atoms with Crippen LogP contribution in [0.1, 0.15) is 58.9 Å². The van der Waals surface area contributed by atoms with Gasteiger partial charge in [0.25, 0.3) is 0 Å². The summed E-state index contributed by atoms with van der Waals surface area (Å²) in [6.45, 7) is 10.2. The molecule has 0 spiro atoms. The Balaban J connectivity index is 3.01. The first-order chi connectivity index (χ1) is 10.4. The number of hydrogen-bond donors (Lipinski definition) is 2. The zero-order valence-corrected chi connectivity index (χ0v) is 16.8. The molecule has 2 atom stereocenters. The lowest BCUT2D eigenvalue weighted by atomic mass is 9.76. The van der Waals surface area contributed by atoms with Crippen LogP contribution in [0.4, 0.5) is 0 Å². The van der Waals surface area contributed by atoms with E-state index in [1.165, 1.54) is 5.56 Å². The number of thioether (sulfide) groups is 1. The molecule has 0 amide bonds. The molecule has 132 valence electrons. The van der Waals surface area contributed by atoms with E-state index in [1.54, 1.807) is 11.8 Å². The summed E-state index contributed by atoms with van der Waals surface area (Å²) in [5, 5.41) is 0. The van der Waals surface area contributed by atoms with E-state index < -0.39 is 18.7 Å². The lowest BCUT2D eigenvalue weighted by molar-refractivity contribution is 0.234. The summed E-state index contributed by atoms with van der Waals surface area (Å²) >= 11 is 1.66. The van der Waals surface area contributed by atoms with Gasteiger partial charge in [-0.2, -0.15) is 11.8 Å². The van der Waals surface area contributed by atoms with Crippen LogP contribution in [0.25, 0.3) is 0 Å². The first-order valence-corrected chi connectivity index (χ1v) is 10.9. The molecule has 0 heterocycles. The fourth-order valence-corrected chi connectivity index (χ4v) is 5.39. The molecule has 0 fully saturated rings. The Hall–Kier alpha value is -0.280. The minimum Gasteiger partial charge on any atom is -0.324 e. The average molecular weight is 358 g/mol. The molecule has 0 saturated heterocycles. The van der Waals surface area contributed by atoms with Crippen molar-refractivity contribution < 1.29 is 14.4 Å². The van der Waals surface area contributed by atoms with Crippen molar-refractivity contribution in [1.29, 1.82) is 0 Å². The van der Waals surface area contributed by atoms with Gasteiger partial charge in [0.05, 0.1) is 5.66 Å². The summed E-state index contributed by atoms with van der Waals surface area (Å²) in [6, 6.07) is 10.2. The summed E-state index contributed by atoms with van der Waals surface area (Å²) < 4.78 is 12.0. The highest BCUT2D eigenvalue weighted by atomic mass is 32.2. The molecule has 0 radical (unpaired) electrons. The van der Waals surface area contributed by atoms with Crippen LogP contribution in [0.2, 0.25) is 0 Å². The predicted octanol–water partition coefficient (Wildman–Crippen LogP) is 5.28. The lowest BCUT2D eigenvalue weighted by Gasteiger charge is -2.40. The Morgan fingerprint density at radius 3 is 2.04 bits per heavy atom. The first-order valence-electron chi connectivity index (χ1n) is 8.04. The molecule has 23 heavy (non-hydrogen) atoms. The Morgan fingerprint density at radius 1 is 1.09 bits per heavy atom. The highest BCUT2D eigenvalue weighted by molar-refractivity contribution is 7.99. The van der Waals surface area contributed by atoms with E-state index >= 15 is 0 Å². The largest absolute Gasteiger partial charge is 0.329 e. The SMILES string of the molecule is CSC(C)(C)CC(C(C)(C)CC(C)c1ccccc1)P(=O)(O)O. The Labute approximate surface area is 145 Å². The maximum atomic E-state index is 12.2. The third-order valence-corrected chi connectivity index (χ3v) is 7.71. The molecular weight excluding hydrogens is 327 g/mol.